The maximum atomic E-state index is 14.1. The minimum absolute atomic E-state index is 0.0645. The van der Waals surface area contributed by atoms with Crippen LogP contribution in [0, 0.1) is 29.6 Å². The molecule has 2 aromatic rings. The van der Waals surface area contributed by atoms with E-state index in [0.29, 0.717) is 34.9 Å². The summed E-state index contributed by atoms with van der Waals surface area (Å²) in [4.78, 5) is 0.416. The number of ether oxygens (including phenoxy) is 1. The van der Waals surface area contributed by atoms with Crippen LogP contribution in [0.3, 0.4) is 0 Å². The van der Waals surface area contributed by atoms with Gasteiger partial charge in [-0.2, -0.15) is 4.31 Å². The topological polar surface area (TPSA) is 58.6 Å². The molecule has 5 nitrogen and oxygen atoms in total. The van der Waals surface area contributed by atoms with Gasteiger partial charge in [-0.1, -0.05) is 24.3 Å². The number of piperazine rings is 1. The minimum atomic E-state index is -3.61. The van der Waals surface area contributed by atoms with Gasteiger partial charge in [-0.3, -0.25) is 0 Å². The summed E-state index contributed by atoms with van der Waals surface area (Å²) in [6.07, 6.45) is 6.67. The number of fused-ring (bicyclic) bond motifs is 1. The van der Waals surface area contributed by atoms with Gasteiger partial charge in [0.25, 0.3) is 0 Å². The number of rotatable bonds is 4. The second-order valence-corrected chi connectivity index (χ2v) is 12.1. The van der Waals surface area contributed by atoms with Crippen molar-refractivity contribution in [2.75, 3.05) is 26.7 Å². The fourth-order valence-corrected chi connectivity index (χ4v) is 9.55. The Morgan fingerprint density at radius 1 is 0.935 bits per heavy atom. The summed E-state index contributed by atoms with van der Waals surface area (Å²) >= 11 is 0. The van der Waals surface area contributed by atoms with Crippen LogP contribution >= 0.6 is 0 Å². The van der Waals surface area contributed by atoms with E-state index >= 15 is 0 Å². The van der Waals surface area contributed by atoms with E-state index in [4.69, 9.17) is 4.74 Å². The lowest BCUT2D eigenvalue weighted by Gasteiger charge is -2.58. The van der Waals surface area contributed by atoms with Crippen molar-refractivity contribution in [1.82, 2.24) is 9.62 Å². The molecule has 6 heteroatoms. The Labute approximate surface area is 185 Å². The molecule has 0 aromatic heterocycles. The maximum absolute atomic E-state index is 14.1. The Morgan fingerprint density at radius 3 is 2.29 bits per heavy atom. The third-order valence-electron chi connectivity index (χ3n) is 8.63. The predicted molar refractivity (Wildman–Crippen MR) is 122 cm³/mol. The summed E-state index contributed by atoms with van der Waals surface area (Å²) in [7, 11) is -1.97. The summed E-state index contributed by atoms with van der Waals surface area (Å²) in [6.45, 7) is 2.05. The fourth-order valence-electron chi connectivity index (χ4n) is 7.70. The number of benzene rings is 2. The molecule has 166 valence electrons. The lowest BCUT2D eigenvalue weighted by molar-refractivity contribution is -0.0653. The zero-order valence-electron chi connectivity index (χ0n) is 18.2. The molecule has 0 spiro atoms. The zero-order chi connectivity index (χ0) is 21.2. The van der Waals surface area contributed by atoms with Crippen LogP contribution in [0.1, 0.15) is 32.1 Å². The van der Waals surface area contributed by atoms with Crippen LogP contribution in [0.4, 0.5) is 0 Å². The normalized spacial score (nSPS) is 35.5. The second kappa shape index (κ2) is 7.46. The van der Waals surface area contributed by atoms with Crippen molar-refractivity contribution in [3.05, 3.63) is 36.4 Å². The molecule has 5 aliphatic rings. The first-order chi connectivity index (χ1) is 15.1. The van der Waals surface area contributed by atoms with Gasteiger partial charge in [-0.15, -0.1) is 0 Å². The molecular formula is C25H32N2O3S. The molecular weight excluding hydrogens is 408 g/mol. The molecule has 1 aliphatic heterocycles. The van der Waals surface area contributed by atoms with Gasteiger partial charge in [-0.25, -0.2) is 8.42 Å². The number of nitrogens with one attached hydrogen (secondary N) is 1. The quantitative estimate of drug-likeness (QED) is 0.784. The van der Waals surface area contributed by atoms with Crippen molar-refractivity contribution < 1.29 is 13.2 Å². The molecule has 31 heavy (non-hydrogen) atoms. The molecule has 0 amide bonds. The summed E-state index contributed by atoms with van der Waals surface area (Å²) in [5.74, 6) is 4.40. The number of methoxy groups -OCH3 is 1. The molecule has 4 aliphatic carbocycles. The lowest BCUT2D eigenvalue weighted by Crippen LogP contribution is -2.61. The molecule has 0 radical (unpaired) electrons. The van der Waals surface area contributed by atoms with Crippen LogP contribution in [-0.2, 0) is 10.0 Å². The van der Waals surface area contributed by atoms with Gasteiger partial charge >= 0.3 is 0 Å². The fraction of sp³-hybridized carbons (Fsp3) is 0.600. The Bertz CT molecular complexity index is 1070. The van der Waals surface area contributed by atoms with E-state index in [1.165, 1.54) is 32.1 Å². The van der Waals surface area contributed by atoms with Crippen molar-refractivity contribution in [3.63, 3.8) is 0 Å². The molecule has 1 N–H and O–H groups in total. The Morgan fingerprint density at radius 2 is 1.61 bits per heavy atom. The highest BCUT2D eigenvalue weighted by Crippen LogP contribution is 2.58. The standard InChI is InChI=1S/C25H32N2O3S/c1-30-23-6-7-24(21-5-3-2-4-20(21)23)31(28,29)27-9-8-26-15-22(27)25-18-11-16-10-17(13-18)14-19(25)12-16/h2-7,16-19,22,25-26H,8-15H2,1H3. The predicted octanol–water partition coefficient (Wildman–Crippen LogP) is 3.88. The van der Waals surface area contributed by atoms with Gasteiger partial charge < -0.3 is 10.1 Å². The van der Waals surface area contributed by atoms with Crippen LogP contribution in [0.5, 0.6) is 5.75 Å². The second-order valence-electron chi connectivity index (χ2n) is 10.2. The largest absolute Gasteiger partial charge is 0.496 e. The first kappa shape index (κ1) is 20.0. The van der Waals surface area contributed by atoms with Crippen LogP contribution in [-0.4, -0.2) is 45.5 Å². The van der Waals surface area contributed by atoms with Gasteiger partial charge in [0.1, 0.15) is 5.75 Å². The van der Waals surface area contributed by atoms with Crippen LogP contribution in [0.2, 0.25) is 0 Å². The van der Waals surface area contributed by atoms with E-state index in [-0.39, 0.29) is 6.04 Å². The Hall–Kier alpha value is -1.63. The summed E-state index contributed by atoms with van der Waals surface area (Å²) < 4.78 is 35.6. The molecule has 1 unspecified atom stereocenters. The zero-order valence-corrected chi connectivity index (χ0v) is 19.0. The highest BCUT2D eigenvalue weighted by atomic mass is 32.2. The number of hydrogen-bond acceptors (Lipinski definition) is 4. The number of nitrogens with zero attached hydrogens (tertiary/aromatic N) is 1. The van der Waals surface area contributed by atoms with Crippen molar-refractivity contribution >= 4 is 20.8 Å². The SMILES string of the molecule is COc1ccc(S(=O)(=O)N2CCNCC2C2C3CC4CC(C3)CC2C4)c2ccccc12. The average Bonchev–Trinajstić information content (AvgIpc) is 2.78. The summed E-state index contributed by atoms with van der Waals surface area (Å²) in [5, 5.41) is 5.13. The van der Waals surface area contributed by atoms with E-state index in [9.17, 15) is 8.42 Å². The highest BCUT2D eigenvalue weighted by molar-refractivity contribution is 7.89. The van der Waals surface area contributed by atoms with Crippen molar-refractivity contribution in [2.24, 2.45) is 29.6 Å². The summed E-state index contributed by atoms with van der Waals surface area (Å²) in [5.41, 5.74) is 0. The van der Waals surface area contributed by atoms with Gasteiger partial charge in [0.15, 0.2) is 0 Å². The maximum Gasteiger partial charge on any atom is 0.244 e. The smallest absolute Gasteiger partial charge is 0.244 e. The van der Waals surface area contributed by atoms with Crippen LogP contribution in [0.15, 0.2) is 41.3 Å². The Balaban J connectivity index is 1.40. The van der Waals surface area contributed by atoms with Crippen molar-refractivity contribution in [1.29, 1.82) is 0 Å². The lowest BCUT2D eigenvalue weighted by atomic mass is 9.50. The monoisotopic (exact) mass is 440 g/mol. The van der Waals surface area contributed by atoms with E-state index in [1.54, 1.807) is 19.2 Å². The van der Waals surface area contributed by atoms with Crippen molar-refractivity contribution in [3.8, 4) is 5.75 Å². The van der Waals surface area contributed by atoms with E-state index < -0.39 is 10.0 Å². The third-order valence-corrected chi connectivity index (χ3v) is 10.6. The minimum Gasteiger partial charge on any atom is -0.496 e. The van der Waals surface area contributed by atoms with Gasteiger partial charge in [0.05, 0.1) is 12.0 Å². The van der Waals surface area contributed by atoms with E-state index in [2.05, 4.69) is 5.32 Å². The van der Waals surface area contributed by atoms with Crippen LogP contribution in [0.25, 0.3) is 10.8 Å². The Kier molecular flexibility index (Phi) is 4.82. The van der Waals surface area contributed by atoms with Gasteiger partial charge in [-0.05, 0) is 73.8 Å². The first-order valence-electron chi connectivity index (χ1n) is 11.8. The molecule has 4 bridgehead atoms. The molecule has 2 aromatic carbocycles. The molecule has 5 fully saturated rings. The molecule has 4 saturated carbocycles. The molecule has 1 atom stereocenters. The third kappa shape index (κ3) is 3.13. The van der Waals surface area contributed by atoms with Gasteiger partial charge in [0.2, 0.25) is 10.0 Å². The first-order valence-corrected chi connectivity index (χ1v) is 13.3. The van der Waals surface area contributed by atoms with Crippen LogP contribution < -0.4 is 10.1 Å². The van der Waals surface area contributed by atoms with Gasteiger partial charge in [0, 0.05) is 36.4 Å². The number of hydrogen-bond donors (Lipinski definition) is 1. The van der Waals surface area contributed by atoms with Crippen molar-refractivity contribution in [2.45, 2.75) is 43.0 Å². The molecule has 7 rings (SSSR count). The molecule has 1 saturated heterocycles. The highest BCUT2D eigenvalue weighted by Gasteiger charge is 2.53. The number of sulfonamides is 1. The van der Waals surface area contributed by atoms with E-state index in [0.717, 1.165) is 35.7 Å². The molecule has 1 heterocycles. The van der Waals surface area contributed by atoms with E-state index in [1.807, 2.05) is 28.6 Å². The average molecular weight is 441 g/mol. The summed E-state index contributed by atoms with van der Waals surface area (Å²) in [6, 6.07) is 11.3.